The second-order valence-electron chi connectivity index (χ2n) is 4.57. The van der Waals surface area contributed by atoms with E-state index in [4.69, 9.17) is 21.7 Å². The summed E-state index contributed by atoms with van der Waals surface area (Å²) >= 11 is 5.20. The molecule has 2 rings (SSSR count). The molecule has 1 aromatic rings. The third-order valence-corrected chi connectivity index (χ3v) is 3.42. The second-order valence-corrected chi connectivity index (χ2v) is 4.95. The van der Waals surface area contributed by atoms with E-state index in [1.54, 1.807) is 25.2 Å². The van der Waals surface area contributed by atoms with Crippen LogP contribution in [-0.4, -0.2) is 43.3 Å². The highest BCUT2D eigenvalue weighted by molar-refractivity contribution is 7.80. The fraction of sp³-hybridized carbons (Fsp3) is 0.333. The van der Waals surface area contributed by atoms with Gasteiger partial charge in [-0.25, -0.2) is 0 Å². The maximum Gasteiger partial charge on any atom is 0.276 e. The standard InChI is InChI=1S/C15H18N2O3S/c1-19-8-4-7-17-14(18)13(16-15(17)21)10-11-5-3-6-12(9-11)20-2/h3,5-6,9-10H,4,7-8H2,1-2H3,(H,16,21)/b13-10+. The summed E-state index contributed by atoms with van der Waals surface area (Å²) in [5, 5.41) is 3.39. The van der Waals surface area contributed by atoms with Crippen molar-refractivity contribution in [1.82, 2.24) is 10.2 Å². The normalized spacial score (nSPS) is 16.5. The van der Waals surface area contributed by atoms with E-state index in [0.717, 1.165) is 17.7 Å². The second kappa shape index (κ2) is 7.19. The molecule has 1 heterocycles. The van der Waals surface area contributed by atoms with Crippen molar-refractivity contribution in [3.05, 3.63) is 35.5 Å². The van der Waals surface area contributed by atoms with Crippen LogP contribution in [0.25, 0.3) is 6.08 Å². The van der Waals surface area contributed by atoms with Gasteiger partial charge in [-0.15, -0.1) is 0 Å². The number of carbonyl (C=O) groups is 1. The first-order valence-electron chi connectivity index (χ1n) is 6.63. The number of benzene rings is 1. The summed E-state index contributed by atoms with van der Waals surface area (Å²) in [7, 11) is 3.24. The Balaban J connectivity index is 2.12. The molecule has 1 fully saturated rings. The lowest BCUT2D eigenvalue weighted by molar-refractivity contribution is -0.122. The number of ether oxygens (including phenoxy) is 2. The molecule has 0 saturated carbocycles. The van der Waals surface area contributed by atoms with Crippen LogP contribution < -0.4 is 10.1 Å². The van der Waals surface area contributed by atoms with Crippen molar-refractivity contribution in [2.75, 3.05) is 27.4 Å². The molecule has 5 nitrogen and oxygen atoms in total. The molecular formula is C15H18N2O3S. The zero-order chi connectivity index (χ0) is 15.2. The number of hydrogen-bond acceptors (Lipinski definition) is 4. The number of amides is 1. The predicted molar refractivity (Wildman–Crippen MR) is 84.9 cm³/mol. The average Bonchev–Trinajstić information content (AvgIpc) is 2.75. The third kappa shape index (κ3) is 3.80. The van der Waals surface area contributed by atoms with Crippen molar-refractivity contribution in [2.45, 2.75) is 6.42 Å². The van der Waals surface area contributed by atoms with E-state index in [2.05, 4.69) is 5.32 Å². The van der Waals surface area contributed by atoms with Gasteiger partial charge in [0.25, 0.3) is 5.91 Å². The fourth-order valence-corrected chi connectivity index (χ4v) is 2.32. The quantitative estimate of drug-likeness (QED) is 0.493. The summed E-state index contributed by atoms with van der Waals surface area (Å²) in [5.41, 5.74) is 1.36. The number of hydrogen-bond donors (Lipinski definition) is 1. The Kier molecular flexibility index (Phi) is 5.30. The molecule has 6 heteroatoms. The number of nitrogens with zero attached hydrogens (tertiary/aromatic N) is 1. The summed E-state index contributed by atoms with van der Waals surface area (Å²) in [6, 6.07) is 7.49. The van der Waals surface area contributed by atoms with Crippen molar-refractivity contribution in [3.63, 3.8) is 0 Å². The molecule has 0 aromatic heterocycles. The van der Waals surface area contributed by atoms with E-state index in [0.29, 0.717) is 24.0 Å². The van der Waals surface area contributed by atoms with Crippen LogP contribution in [0.5, 0.6) is 5.75 Å². The molecule has 0 spiro atoms. The highest BCUT2D eigenvalue weighted by Crippen LogP contribution is 2.18. The SMILES string of the molecule is COCCCN1C(=O)/C(=C\c2cccc(OC)c2)NC1=S. The van der Waals surface area contributed by atoms with E-state index in [1.807, 2.05) is 24.3 Å². The minimum atomic E-state index is -0.112. The number of carbonyl (C=O) groups excluding carboxylic acids is 1. The maximum absolute atomic E-state index is 12.3. The smallest absolute Gasteiger partial charge is 0.276 e. The number of nitrogens with one attached hydrogen (secondary N) is 1. The van der Waals surface area contributed by atoms with Crippen molar-refractivity contribution in [3.8, 4) is 5.75 Å². The Morgan fingerprint density at radius 2 is 2.19 bits per heavy atom. The molecule has 0 aliphatic carbocycles. The predicted octanol–water partition coefficient (Wildman–Crippen LogP) is 1.79. The highest BCUT2D eigenvalue weighted by atomic mass is 32.1. The molecule has 0 unspecified atom stereocenters. The van der Waals surface area contributed by atoms with Crippen LogP contribution in [-0.2, 0) is 9.53 Å². The van der Waals surface area contributed by atoms with Crippen LogP contribution >= 0.6 is 12.2 Å². The van der Waals surface area contributed by atoms with Gasteiger partial charge in [-0.1, -0.05) is 12.1 Å². The van der Waals surface area contributed by atoms with Gasteiger partial charge in [0.1, 0.15) is 11.4 Å². The van der Waals surface area contributed by atoms with Crippen LogP contribution in [0, 0.1) is 0 Å². The van der Waals surface area contributed by atoms with E-state index in [9.17, 15) is 4.79 Å². The molecule has 0 bridgehead atoms. The lowest BCUT2D eigenvalue weighted by Crippen LogP contribution is -2.32. The lowest BCUT2D eigenvalue weighted by atomic mass is 10.2. The van der Waals surface area contributed by atoms with Crippen LogP contribution in [0.1, 0.15) is 12.0 Å². The molecule has 1 aliphatic heterocycles. The van der Waals surface area contributed by atoms with Crippen molar-refractivity contribution >= 4 is 29.3 Å². The Hall–Kier alpha value is -1.92. The molecule has 0 atom stereocenters. The molecule has 0 radical (unpaired) electrons. The zero-order valence-electron chi connectivity index (χ0n) is 12.1. The average molecular weight is 306 g/mol. The number of thiocarbonyl (C=S) groups is 1. The van der Waals surface area contributed by atoms with Crippen LogP contribution in [0.4, 0.5) is 0 Å². The van der Waals surface area contributed by atoms with Gasteiger partial charge in [-0.05, 0) is 42.4 Å². The van der Waals surface area contributed by atoms with E-state index in [1.165, 1.54) is 0 Å². The molecule has 21 heavy (non-hydrogen) atoms. The highest BCUT2D eigenvalue weighted by Gasteiger charge is 2.29. The topological polar surface area (TPSA) is 50.8 Å². The summed E-state index contributed by atoms with van der Waals surface area (Å²) in [6.45, 7) is 1.15. The first-order chi connectivity index (χ1) is 10.2. The summed E-state index contributed by atoms with van der Waals surface area (Å²) < 4.78 is 10.2. The third-order valence-electron chi connectivity index (χ3n) is 3.10. The lowest BCUT2D eigenvalue weighted by Gasteiger charge is -2.12. The van der Waals surface area contributed by atoms with Crippen molar-refractivity contribution in [2.24, 2.45) is 0 Å². The summed E-state index contributed by atoms with van der Waals surface area (Å²) in [4.78, 5) is 13.9. The van der Waals surface area contributed by atoms with E-state index < -0.39 is 0 Å². The van der Waals surface area contributed by atoms with Crippen LogP contribution in [0.2, 0.25) is 0 Å². The van der Waals surface area contributed by atoms with Crippen LogP contribution in [0.15, 0.2) is 30.0 Å². The minimum absolute atomic E-state index is 0.112. The van der Waals surface area contributed by atoms with E-state index in [-0.39, 0.29) is 5.91 Å². The Morgan fingerprint density at radius 1 is 1.38 bits per heavy atom. The fourth-order valence-electron chi connectivity index (χ4n) is 2.04. The van der Waals surface area contributed by atoms with Gasteiger partial charge in [-0.3, -0.25) is 9.69 Å². The Bertz CT molecular complexity index is 572. The maximum atomic E-state index is 12.3. The molecule has 112 valence electrons. The number of methoxy groups -OCH3 is 2. The molecule has 1 N–H and O–H groups in total. The first-order valence-corrected chi connectivity index (χ1v) is 7.04. The van der Waals surface area contributed by atoms with Gasteiger partial charge in [0.05, 0.1) is 7.11 Å². The largest absolute Gasteiger partial charge is 0.497 e. The first kappa shape index (κ1) is 15.5. The molecular weight excluding hydrogens is 288 g/mol. The number of rotatable bonds is 6. The van der Waals surface area contributed by atoms with Crippen LogP contribution in [0.3, 0.4) is 0 Å². The zero-order valence-corrected chi connectivity index (χ0v) is 12.9. The van der Waals surface area contributed by atoms with E-state index >= 15 is 0 Å². The molecule has 1 aliphatic rings. The van der Waals surface area contributed by atoms with Crippen molar-refractivity contribution in [1.29, 1.82) is 0 Å². The minimum Gasteiger partial charge on any atom is -0.497 e. The molecule has 1 amide bonds. The Morgan fingerprint density at radius 3 is 2.90 bits per heavy atom. The summed E-state index contributed by atoms with van der Waals surface area (Å²) in [6.07, 6.45) is 2.52. The van der Waals surface area contributed by atoms with Gasteiger partial charge < -0.3 is 14.8 Å². The molecule has 1 saturated heterocycles. The monoisotopic (exact) mass is 306 g/mol. The van der Waals surface area contributed by atoms with Gasteiger partial charge in [0, 0.05) is 20.3 Å². The van der Waals surface area contributed by atoms with Crippen molar-refractivity contribution < 1.29 is 14.3 Å². The van der Waals surface area contributed by atoms with Gasteiger partial charge in [0.2, 0.25) is 0 Å². The van der Waals surface area contributed by atoms with Gasteiger partial charge in [0.15, 0.2) is 5.11 Å². The van der Waals surface area contributed by atoms with Gasteiger partial charge >= 0.3 is 0 Å². The summed E-state index contributed by atoms with van der Waals surface area (Å²) in [5.74, 6) is 0.633. The van der Waals surface area contributed by atoms with Gasteiger partial charge in [-0.2, -0.15) is 0 Å². The molecule has 1 aromatic carbocycles. The Labute approximate surface area is 129 Å².